The predicted octanol–water partition coefficient (Wildman–Crippen LogP) is 0.498. The molecule has 0 aliphatic rings. The van der Waals surface area contributed by atoms with Gasteiger partial charge in [-0.1, -0.05) is 12.1 Å². The summed E-state index contributed by atoms with van der Waals surface area (Å²) in [6, 6.07) is 5.50. The second-order valence-electron chi connectivity index (χ2n) is 4.47. The zero-order valence-corrected chi connectivity index (χ0v) is 11.5. The van der Waals surface area contributed by atoms with Crippen molar-refractivity contribution in [3.8, 4) is 5.75 Å². The molecule has 0 bridgehead atoms. The summed E-state index contributed by atoms with van der Waals surface area (Å²) in [6.07, 6.45) is -1.28. The fourth-order valence-corrected chi connectivity index (χ4v) is 1.69. The van der Waals surface area contributed by atoms with Crippen LogP contribution in [0.25, 0.3) is 0 Å². The van der Waals surface area contributed by atoms with Crippen LogP contribution < -0.4 is 10.1 Å². The van der Waals surface area contributed by atoms with Crippen LogP contribution in [0.4, 0.5) is 0 Å². The first-order chi connectivity index (χ1) is 9.43. The summed E-state index contributed by atoms with van der Waals surface area (Å²) in [5, 5.41) is 20.1. The number of hydrogen-bond acceptors (Lipinski definition) is 4. The number of aryl methyl sites for hydroxylation is 1. The molecule has 0 fully saturated rings. The normalized spacial score (nSPS) is 11.8. The minimum Gasteiger partial charge on any atom is -0.496 e. The van der Waals surface area contributed by atoms with Gasteiger partial charge in [0.15, 0.2) is 6.10 Å². The average Bonchev–Trinajstić information content (AvgIpc) is 2.40. The molecule has 0 radical (unpaired) electrons. The number of benzene rings is 1. The van der Waals surface area contributed by atoms with E-state index < -0.39 is 12.1 Å². The van der Waals surface area contributed by atoms with Crippen molar-refractivity contribution in [1.82, 2.24) is 5.32 Å². The van der Waals surface area contributed by atoms with E-state index in [-0.39, 0.29) is 25.3 Å². The SMILES string of the molecule is COc1cc(CC(=O)NCC[C@H](O)C(=O)O)ccc1C. The molecule has 0 saturated carbocycles. The van der Waals surface area contributed by atoms with Crippen LogP contribution in [-0.4, -0.2) is 41.8 Å². The second kappa shape index (κ2) is 7.49. The Hall–Kier alpha value is -2.08. The Morgan fingerprint density at radius 1 is 1.40 bits per heavy atom. The quantitative estimate of drug-likeness (QED) is 0.676. The maximum atomic E-state index is 11.7. The third kappa shape index (κ3) is 4.89. The molecule has 6 heteroatoms. The van der Waals surface area contributed by atoms with Crippen molar-refractivity contribution in [1.29, 1.82) is 0 Å². The van der Waals surface area contributed by atoms with Crippen molar-refractivity contribution in [2.24, 2.45) is 0 Å². The molecule has 1 rings (SSSR count). The van der Waals surface area contributed by atoms with Gasteiger partial charge in [0.2, 0.25) is 5.91 Å². The Bertz CT molecular complexity index is 486. The van der Waals surface area contributed by atoms with Gasteiger partial charge in [0, 0.05) is 13.0 Å². The lowest BCUT2D eigenvalue weighted by Crippen LogP contribution is -2.30. The van der Waals surface area contributed by atoms with Crippen LogP contribution in [-0.2, 0) is 16.0 Å². The van der Waals surface area contributed by atoms with Crippen molar-refractivity contribution in [3.63, 3.8) is 0 Å². The molecule has 1 aromatic rings. The molecular formula is C14H19NO5. The van der Waals surface area contributed by atoms with Crippen LogP contribution in [0.15, 0.2) is 18.2 Å². The van der Waals surface area contributed by atoms with E-state index in [0.29, 0.717) is 0 Å². The van der Waals surface area contributed by atoms with Crippen molar-refractivity contribution >= 4 is 11.9 Å². The topological polar surface area (TPSA) is 95.9 Å². The van der Waals surface area contributed by atoms with E-state index in [1.54, 1.807) is 13.2 Å². The molecule has 0 heterocycles. The van der Waals surface area contributed by atoms with Crippen LogP contribution in [0.3, 0.4) is 0 Å². The number of carbonyl (C=O) groups excluding carboxylic acids is 1. The minimum atomic E-state index is -1.45. The summed E-state index contributed by atoms with van der Waals surface area (Å²) >= 11 is 0. The van der Waals surface area contributed by atoms with E-state index in [9.17, 15) is 9.59 Å². The highest BCUT2D eigenvalue weighted by molar-refractivity contribution is 5.78. The Labute approximate surface area is 117 Å². The van der Waals surface area contributed by atoms with Crippen LogP contribution >= 0.6 is 0 Å². The summed E-state index contributed by atoms with van der Waals surface area (Å²) in [7, 11) is 1.57. The molecule has 6 nitrogen and oxygen atoms in total. The van der Waals surface area contributed by atoms with E-state index in [1.165, 1.54) is 0 Å². The molecule has 0 aliphatic carbocycles. The van der Waals surface area contributed by atoms with E-state index in [0.717, 1.165) is 16.9 Å². The van der Waals surface area contributed by atoms with Crippen molar-refractivity contribution in [2.75, 3.05) is 13.7 Å². The molecule has 0 aromatic heterocycles. The highest BCUT2D eigenvalue weighted by Crippen LogP contribution is 2.19. The standard InChI is InChI=1S/C14H19NO5/c1-9-3-4-10(7-12(9)20-2)8-13(17)15-6-5-11(16)14(18)19/h3-4,7,11,16H,5-6,8H2,1-2H3,(H,15,17)(H,18,19)/t11-/m0/s1. The largest absolute Gasteiger partial charge is 0.496 e. The van der Waals surface area contributed by atoms with E-state index in [4.69, 9.17) is 14.9 Å². The molecule has 110 valence electrons. The highest BCUT2D eigenvalue weighted by Gasteiger charge is 2.13. The van der Waals surface area contributed by atoms with Gasteiger partial charge in [-0.3, -0.25) is 4.79 Å². The molecule has 1 atom stereocenters. The summed E-state index contributed by atoms with van der Waals surface area (Å²) in [5.41, 5.74) is 1.80. The lowest BCUT2D eigenvalue weighted by molar-refractivity contribution is -0.147. The molecule has 0 aliphatic heterocycles. The van der Waals surface area contributed by atoms with Crippen molar-refractivity contribution in [3.05, 3.63) is 29.3 Å². The fraction of sp³-hybridized carbons (Fsp3) is 0.429. The van der Waals surface area contributed by atoms with Gasteiger partial charge < -0.3 is 20.3 Å². The molecule has 1 aromatic carbocycles. The number of ether oxygens (including phenoxy) is 1. The maximum absolute atomic E-state index is 11.7. The number of aliphatic carboxylic acids is 1. The summed E-state index contributed by atoms with van der Waals surface area (Å²) in [5.74, 6) is -0.799. The number of aliphatic hydroxyl groups is 1. The smallest absolute Gasteiger partial charge is 0.332 e. The maximum Gasteiger partial charge on any atom is 0.332 e. The van der Waals surface area contributed by atoms with Crippen LogP contribution in [0.5, 0.6) is 5.75 Å². The molecule has 20 heavy (non-hydrogen) atoms. The number of rotatable bonds is 7. The molecular weight excluding hydrogens is 262 g/mol. The third-order valence-electron chi connectivity index (χ3n) is 2.86. The van der Waals surface area contributed by atoms with Gasteiger partial charge in [-0.15, -0.1) is 0 Å². The first-order valence-corrected chi connectivity index (χ1v) is 6.25. The minimum absolute atomic E-state index is 0.0156. The van der Waals surface area contributed by atoms with Gasteiger partial charge in [-0.2, -0.15) is 0 Å². The molecule has 3 N–H and O–H groups in total. The monoisotopic (exact) mass is 281 g/mol. The van der Waals surface area contributed by atoms with E-state index in [2.05, 4.69) is 5.32 Å². The average molecular weight is 281 g/mol. The highest BCUT2D eigenvalue weighted by atomic mass is 16.5. The summed E-state index contributed by atoms with van der Waals surface area (Å²) in [4.78, 5) is 22.1. The number of hydrogen-bond donors (Lipinski definition) is 3. The summed E-state index contributed by atoms with van der Waals surface area (Å²) in [6.45, 7) is 2.03. The van der Waals surface area contributed by atoms with Gasteiger partial charge in [0.1, 0.15) is 5.75 Å². The van der Waals surface area contributed by atoms with Crippen molar-refractivity contribution in [2.45, 2.75) is 25.9 Å². The molecule has 0 saturated heterocycles. The Morgan fingerprint density at radius 2 is 2.10 bits per heavy atom. The first kappa shape index (κ1) is 16.0. The van der Waals surface area contributed by atoms with Crippen LogP contribution in [0.1, 0.15) is 17.5 Å². The van der Waals surface area contributed by atoms with E-state index in [1.807, 2.05) is 19.1 Å². The molecule has 0 spiro atoms. The van der Waals surface area contributed by atoms with Gasteiger partial charge in [0.25, 0.3) is 0 Å². The van der Waals surface area contributed by atoms with Crippen LogP contribution in [0.2, 0.25) is 0 Å². The Kier molecular flexibility index (Phi) is 5.99. The lowest BCUT2D eigenvalue weighted by Gasteiger charge is -2.09. The van der Waals surface area contributed by atoms with Gasteiger partial charge in [-0.25, -0.2) is 4.79 Å². The number of aliphatic hydroxyl groups excluding tert-OH is 1. The number of amides is 1. The third-order valence-corrected chi connectivity index (χ3v) is 2.86. The first-order valence-electron chi connectivity index (χ1n) is 6.25. The molecule has 1 amide bonds. The zero-order valence-electron chi connectivity index (χ0n) is 11.5. The zero-order chi connectivity index (χ0) is 15.1. The second-order valence-corrected chi connectivity index (χ2v) is 4.47. The van der Waals surface area contributed by atoms with E-state index >= 15 is 0 Å². The van der Waals surface area contributed by atoms with Gasteiger partial charge in [0.05, 0.1) is 13.5 Å². The number of carboxylic acid groups (broad SMARTS) is 1. The van der Waals surface area contributed by atoms with Crippen LogP contribution in [0, 0.1) is 6.92 Å². The summed E-state index contributed by atoms with van der Waals surface area (Å²) < 4.78 is 5.18. The molecule has 0 unspecified atom stereocenters. The Balaban J connectivity index is 2.44. The van der Waals surface area contributed by atoms with Gasteiger partial charge >= 0.3 is 5.97 Å². The predicted molar refractivity (Wildman–Crippen MR) is 72.7 cm³/mol. The number of carbonyl (C=O) groups is 2. The lowest BCUT2D eigenvalue weighted by atomic mass is 10.1. The Morgan fingerprint density at radius 3 is 2.70 bits per heavy atom. The fourth-order valence-electron chi connectivity index (χ4n) is 1.69. The van der Waals surface area contributed by atoms with Crippen molar-refractivity contribution < 1.29 is 24.5 Å². The number of carboxylic acids is 1. The van der Waals surface area contributed by atoms with Gasteiger partial charge in [-0.05, 0) is 24.1 Å². The number of methoxy groups -OCH3 is 1. The number of nitrogens with one attached hydrogen (secondary N) is 1.